The molecule has 5 nitrogen and oxygen atoms in total. The lowest BCUT2D eigenvalue weighted by atomic mass is 10.00. The predicted molar refractivity (Wildman–Crippen MR) is 76.6 cm³/mol. The molecule has 3 rings (SSSR count). The molecule has 1 aromatic rings. The van der Waals surface area contributed by atoms with Gasteiger partial charge in [-0.25, -0.2) is 4.79 Å². The third-order valence-corrected chi connectivity index (χ3v) is 4.63. The number of nitrogens with two attached hydrogens (primary N) is 1. The second-order valence-corrected chi connectivity index (χ2v) is 5.74. The number of rotatable bonds is 2. The first-order valence-corrected chi connectivity index (χ1v) is 7.01. The molecule has 1 saturated carbocycles. The van der Waals surface area contributed by atoms with Gasteiger partial charge >= 0.3 is 5.97 Å². The van der Waals surface area contributed by atoms with E-state index in [1.165, 1.54) is 7.11 Å². The smallest absolute Gasteiger partial charge is 0.340 e. The van der Waals surface area contributed by atoms with Crippen molar-refractivity contribution in [1.82, 2.24) is 0 Å². The van der Waals surface area contributed by atoms with E-state index >= 15 is 0 Å². The van der Waals surface area contributed by atoms with Crippen LogP contribution in [0.15, 0.2) is 18.2 Å². The highest BCUT2D eigenvalue weighted by Gasteiger charge is 2.41. The van der Waals surface area contributed by atoms with Gasteiger partial charge in [0.2, 0.25) is 0 Å². The normalized spacial score (nSPS) is 28.5. The summed E-state index contributed by atoms with van der Waals surface area (Å²) in [6.45, 7) is 1.78. The van der Waals surface area contributed by atoms with Crippen molar-refractivity contribution in [3.8, 4) is 0 Å². The van der Waals surface area contributed by atoms with Gasteiger partial charge in [0.05, 0.1) is 18.8 Å². The Balaban J connectivity index is 1.83. The molecular weight excluding hydrogens is 256 g/mol. The molecule has 1 aliphatic carbocycles. The molecule has 5 heteroatoms. The van der Waals surface area contributed by atoms with Crippen LogP contribution in [0.25, 0.3) is 0 Å². The topological polar surface area (TPSA) is 75.8 Å². The Hall–Kier alpha value is -1.75. The number of carbonyl (C=O) groups excluding carboxylic acids is 1. The summed E-state index contributed by atoms with van der Waals surface area (Å²) < 4.78 is 4.75. The predicted octanol–water partition coefficient (Wildman–Crippen LogP) is 1.26. The minimum absolute atomic E-state index is 0.182. The average Bonchev–Trinajstić information content (AvgIpc) is 3.01. The minimum atomic E-state index is -0.413. The van der Waals surface area contributed by atoms with Crippen molar-refractivity contribution in [3.05, 3.63) is 23.8 Å². The van der Waals surface area contributed by atoms with Gasteiger partial charge < -0.3 is 20.5 Å². The Morgan fingerprint density at radius 2 is 2.20 bits per heavy atom. The van der Waals surface area contributed by atoms with Crippen LogP contribution in [0, 0.1) is 11.8 Å². The lowest BCUT2D eigenvalue weighted by Gasteiger charge is -2.21. The van der Waals surface area contributed by atoms with Crippen LogP contribution in [-0.2, 0) is 4.74 Å². The number of fused-ring (bicyclic) bond motifs is 1. The first-order valence-electron chi connectivity index (χ1n) is 7.01. The summed E-state index contributed by atoms with van der Waals surface area (Å²) in [5, 5.41) is 9.97. The number of hydrogen-bond donors (Lipinski definition) is 2. The number of esters is 1. The zero-order valence-electron chi connectivity index (χ0n) is 11.6. The fraction of sp³-hybridized carbons (Fsp3) is 0.533. The van der Waals surface area contributed by atoms with Crippen molar-refractivity contribution in [2.75, 3.05) is 30.8 Å². The molecule has 2 aliphatic rings. The molecule has 0 amide bonds. The van der Waals surface area contributed by atoms with Crippen LogP contribution in [-0.4, -0.2) is 37.4 Å². The van der Waals surface area contributed by atoms with Crippen molar-refractivity contribution in [2.45, 2.75) is 18.9 Å². The number of benzene rings is 1. The summed E-state index contributed by atoms with van der Waals surface area (Å²) >= 11 is 0. The van der Waals surface area contributed by atoms with Crippen molar-refractivity contribution in [1.29, 1.82) is 0 Å². The Morgan fingerprint density at radius 1 is 1.40 bits per heavy atom. The maximum atomic E-state index is 11.7. The zero-order valence-corrected chi connectivity index (χ0v) is 11.6. The number of nitrogens with zero attached hydrogens (tertiary/aromatic N) is 1. The lowest BCUT2D eigenvalue weighted by molar-refractivity contribution is 0.0602. The molecule has 3 unspecified atom stereocenters. The zero-order chi connectivity index (χ0) is 14.3. The second kappa shape index (κ2) is 4.98. The van der Waals surface area contributed by atoms with E-state index in [-0.39, 0.29) is 6.10 Å². The molecule has 1 heterocycles. The average molecular weight is 276 g/mol. The fourth-order valence-corrected chi connectivity index (χ4v) is 3.48. The van der Waals surface area contributed by atoms with Gasteiger partial charge in [-0.1, -0.05) is 0 Å². The van der Waals surface area contributed by atoms with Gasteiger partial charge in [0.15, 0.2) is 0 Å². The molecule has 0 spiro atoms. The molecule has 108 valence electrons. The standard InChI is InChI=1S/C15H20N2O3/c1-20-15(19)11-6-10(3-4-13(11)16)17-7-9-2-5-14(18)12(9)8-17/h3-4,6,9,12,14,18H,2,5,7-8,16H2,1H3. The van der Waals surface area contributed by atoms with Crippen LogP contribution < -0.4 is 10.6 Å². The number of aliphatic hydroxyl groups is 1. The SMILES string of the molecule is COC(=O)c1cc(N2CC3CCC(O)C3C2)ccc1N. The van der Waals surface area contributed by atoms with Crippen molar-refractivity contribution in [3.63, 3.8) is 0 Å². The van der Waals surface area contributed by atoms with Gasteiger partial charge in [-0.15, -0.1) is 0 Å². The largest absolute Gasteiger partial charge is 0.465 e. The van der Waals surface area contributed by atoms with E-state index in [1.54, 1.807) is 12.1 Å². The number of carbonyl (C=O) groups is 1. The summed E-state index contributed by atoms with van der Waals surface area (Å²) in [6.07, 6.45) is 1.82. The van der Waals surface area contributed by atoms with E-state index in [2.05, 4.69) is 4.90 Å². The maximum Gasteiger partial charge on any atom is 0.340 e. The summed E-state index contributed by atoms with van der Waals surface area (Å²) in [6, 6.07) is 5.45. The highest BCUT2D eigenvalue weighted by Crippen LogP contribution is 2.40. The number of ether oxygens (including phenoxy) is 1. The molecule has 1 aromatic carbocycles. The summed E-state index contributed by atoms with van der Waals surface area (Å²) in [5.74, 6) is 0.502. The molecule has 0 bridgehead atoms. The Labute approximate surface area is 118 Å². The Bertz CT molecular complexity index is 532. The van der Waals surface area contributed by atoms with E-state index in [4.69, 9.17) is 10.5 Å². The van der Waals surface area contributed by atoms with Gasteiger partial charge in [-0.05, 0) is 37.0 Å². The quantitative estimate of drug-likeness (QED) is 0.628. The summed E-state index contributed by atoms with van der Waals surface area (Å²) in [5.41, 5.74) is 7.63. The molecular formula is C15H20N2O3. The van der Waals surface area contributed by atoms with E-state index in [9.17, 15) is 9.90 Å². The van der Waals surface area contributed by atoms with Gasteiger partial charge in [-0.3, -0.25) is 0 Å². The third kappa shape index (κ3) is 2.12. The van der Waals surface area contributed by atoms with E-state index < -0.39 is 5.97 Å². The monoisotopic (exact) mass is 276 g/mol. The lowest BCUT2D eigenvalue weighted by Crippen LogP contribution is -2.24. The first kappa shape index (κ1) is 13.2. The van der Waals surface area contributed by atoms with Gasteiger partial charge in [0.25, 0.3) is 0 Å². The Kier molecular flexibility index (Phi) is 3.30. The van der Waals surface area contributed by atoms with Crippen molar-refractivity contribution in [2.24, 2.45) is 11.8 Å². The van der Waals surface area contributed by atoms with E-state index in [0.29, 0.717) is 23.1 Å². The molecule has 2 fully saturated rings. The van der Waals surface area contributed by atoms with Gasteiger partial charge in [0.1, 0.15) is 0 Å². The van der Waals surface area contributed by atoms with Crippen LogP contribution in [0.2, 0.25) is 0 Å². The molecule has 0 aromatic heterocycles. The van der Waals surface area contributed by atoms with Crippen molar-refractivity contribution >= 4 is 17.3 Å². The second-order valence-electron chi connectivity index (χ2n) is 5.74. The van der Waals surface area contributed by atoms with Crippen LogP contribution in [0.4, 0.5) is 11.4 Å². The molecule has 20 heavy (non-hydrogen) atoms. The molecule has 3 N–H and O–H groups in total. The van der Waals surface area contributed by atoms with Crippen LogP contribution >= 0.6 is 0 Å². The first-order chi connectivity index (χ1) is 9.60. The molecule has 3 atom stereocenters. The van der Waals surface area contributed by atoms with E-state index in [1.807, 2.05) is 6.07 Å². The van der Waals surface area contributed by atoms with Crippen molar-refractivity contribution < 1.29 is 14.6 Å². The third-order valence-electron chi connectivity index (χ3n) is 4.63. The maximum absolute atomic E-state index is 11.7. The number of methoxy groups -OCH3 is 1. The van der Waals surface area contributed by atoms with Gasteiger partial charge in [0, 0.05) is 30.4 Å². The number of hydrogen-bond acceptors (Lipinski definition) is 5. The van der Waals surface area contributed by atoms with Gasteiger partial charge in [-0.2, -0.15) is 0 Å². The Morgan fingerprint density at radius 3 is 2.90 bits per heavy atom. The fourth-order valence-electron chi connectivity index (χ4n) is 3.48. The van der Waals surface area contributed by atoms with E-state index in [0.717, 1.165) is 31.6 Å². The van der Waals surface area contributed by atoms with Crippen LogP contribution in [0.5, 0.6) is 0 Å². The number of nitrogen functional groups attached to an aromatic ring is 1. The molecule has 0 radical (unpaired) electrons. The summed E-state index contributed by atoms with van der Waals surface area (Å²) in [4.78, 5) is 13.9. The number of aliphatic hydroxyl groups excluding tert-OH is 1. The summed E-state index contributed by atoms with van der Waals surface area (Å²) in [7, 11) is 1.35. The minimum Gasteiger partial charge on any atom is -0.465 e. The highest BCUT2D eigenvalue weighted by molar-refractivity contribution is 5.96. The highest BCUT2D eigenvalue weighted by atomic mass is 16.5. The molecule has 1 saturated heterocycles. The van der Waals surface area contributed by atoms with Crippen LogP contribution in [0.1, 0.15) is 23.2 Å². The van der Waals surface area contributed by atoms with Crippen LogP contribution in [0.3, 0.4) is 0 Å². The molecule has 1 aliphatic heterocycles. The number of anilines is 2.